The Kier molecular flexibility index (Phi) is 4.54. The van der Waals surface area contributed by atoms with E-state index >= 15 is 0 Å². The van der Waals surface area contributed by atoms with Gasteiger partial charge in [0, 0.05) is 11.3 Å². The molecule has 0 fully saturated rings. The molecule has 1 rings (SSSR count). The largest absolute Gasteiger partial charge is 0.370 e. The first-order chi connectivity index (χ1) is 6.29. The summed E-state index contributed by atoms with van der Waals surface area (Å²) in [6.07, 6.45) is 4.86. The quantitative estimate of drug-likeness (QED) is 0.699. The molecule has 0 saturated carbocycles. The van der Waals surface area contributed by atoms with Crippen molar-refractivity contribution >= 4 is 17.2 Å². The van der Waals surface area contributed by atoms with Crippen LogP contribution in [0.4, 0.5) is 0 Å². The fraction of sp³-hybridized carbons (Fsp3) is 0.500. The molecule has 0 unspecified atom stereocenters. The van der Waals surface area contributed by atoms with Crippen LogP contribution >= 0.6 is 11.3 Å². The van der Waals surface area contributed by atoms with Gasteiger partial charge in [-0.25, -0.2) is 0 Å². The minimum absolute atomic E-state index is 0.184. The highest BCUT2D eigenvalue weighted by Crippen LogP contribution is 2.12. The van der Waals surface area contributed by atoms with Crippen LogP contribution in [0.1, 0.15) is 30.6 Å². The Morgan fingerprint density at radius 1 is 1.38 bits per heavy atom. The number of unbranched alkanes of at least 4 members (excludes halogenated alkanes) is 2. The average molecular weight is 197 g/mol. The van der Waals surface area contributed by atoms with Crippen LogP contribution in [0.15, 0.2) is 17.5 Å². The van der Waals surface area contributed by atoms with Gasteiger partial charge in [-0.3, -0.25) is 4.79 Å². The van der Waals surface area contributed by atoms with Crippen molar-refractivity contribution in [2.45, 2.75) is 32.1 Å². The first-order valence-corrected chi connectivity index (χ1v) is 5.47. The third-order valence-corrected chi connectivity index (χ3v) is 2.86. The normalized spacial score (nSPS) is 10.2. The van der Waals surface area contributed by atoms with Gasteiger partial charge in [-0.15, -0.1) is 11.3 Å². The molecule has 0 aliphatic heterocycles. The van der Waals surface area contributed by atoms with E-state index in [0.717, 1.165) is 25.7 Å². The van der Waals surface area contributed by atoms with Gasteiger partial charge in [0.2, 0.25) is 5.91 Å². The molecule has 0 atom stereocenters. The summed E-state index contributed by atoms with van der Waals surface area (Å²) in [5.74, 6) is -0.184. The SMILES string of the molecule is NC(=O)CCCCCc1cccs1. The number of hydrogen-bond donors (Lipinski definition) is 1. The van der Waals surface area contributed by atoms with E-state index < -0.39 is 0 Å². The average Bonchev–Trinajstić information content (AvgIpc) is 2.55. The molecule has 0 aliphatic carbocycles. The van der Waals surface area contributed by atoms with Gasteiger partial charge in [-0.1, -0.05) is 12.5 Å². The number of aryl methyl sites for hydroxylation is 1. The van der Waals surface area contributed by atoms with Crippen LogP contribution in [0.5, 0.6) is 0 Å². The molecule has 0 aromatic carbocycles. The van der Waals surface area contributed by atoms with Crippen molar-refractivity contribution in [3.63, 3.8) is 0 Å². The molecule has 13 heavy (non-hydrogen) atoms. The molecule has 0 radical (unpaired) electrons. The first kappa shape index (κ1) is 10.3. The summed E-state index contributed by atoms with van der Waals surface area (Å²) in [4.78, 5) is 11.8. The van der Waals surface area contributed by atoms with Crippen molar-refractivity contribution in [1.82, 2.24) is 0 Å². The zero-order chi connectivity index (χ0) is 9.52. The molecule has 72 valence electrons. The van der Waals surface area contributed by atoms with Crippen LogP contribution in [0.3, 0.4) is 0 Å². The smallest absolute Gasteiger partial charge is 0.217 e. The zero-order valence-corrected chi connectivity index (χ0v) is 8.48. The van der Waals surface area contributed by atoms with Gasteiger partial charge < -0.3 is 5.73 Å². The lowest BCUT2D eigenvalue weighted by Gasteiger charge is -1.97. The first-order valence-electron chi connectivity index (χ1n) is 4.60. The van der Waals surface area contributed by atoms with Gasteiger partial charge in [0.05, 0.1) is 0 Å². The van der Waals surface area contributed by atoms with Gasteiger partial charge >= 0.3 is 0 Å². The maximum atomic E-state index is 10.4. The molecule has 3 heteroatoms. The summed E-state index contributed by atoms with van der Waals surface area (Å²) in [6.45, 7) is 0. The second-order valence-electron chi connectivity index (χ2n) is 3.11. The molecular formula is C10H15NOS. The second kappa shape index (κ2) is 5.75. The zero-order valence-electron chi connectivity index (χ0n) is 7.66. The summed E-state index contributed by atoms with van der Waals surface area (Å²) in [7, 11) is 0. The van der Waals surface area contributed by atoms with Crippen molar-refractivity contribution in [2.75, 3.05) is 0 Å². The highest BCUT2D eigenvalue weighted by molar-refractivity contribution is 7.09. The Morgan fingerprint density at radius 3 is 2.85 bits per heavy atom. The fourth-order valence-corrected chi connectivity index (χ4v) is 1.98. The number of hydrogen-bond acceptors (Lipinski definition) is 2. The van der Waals surface area contributed by atoms with Crippen molar-refractivity contribution in [3.05, 3.63) is 22.4 Å². The van der Waals surface area contributed by atoms with E-state index in [1.54, 1.807) is 11.3 Å². The highest BCUT2D eigenvalue weighted by atomic mass is 32.1. The van der Waals surface area contributed by atoms with Crippen LogP contribution in [0, 0.1) is 0 Å². The van der Waals surface area contributed by atoms with E-state index in [0.29, 0.717) is 6.42 Å². The number of nitrogens with two attached hydrogens (primary N) is 1. The van der Waals surface area contributed by atoms with Gasteiger partial charge in [0.25, 0.3) is 0 Å². The molecule has 2 N–H and O–H groups in total. The lowest BCUT2D eigenvalue weighted by Crippen LogP contribution is -2.09. The summed E-state index contributed by atoms with van der Waals surface area (Å²) in [5.41, 5.74) is 5.03. The van der Waals surface area contributed by atoms with E-state index in [2.05, 4.69) is 17.5 Å². The van der Waals surface area contributed by atoms with Crippen LogP contribution in [0.25, 0.3) is 0 Å². The predicted molar refractivity (Wildman–Crippen MR) is 55.7 cm³/mol. The Balaban J connectivity index is 1.99. The van der Waals surface area contributed by atoms with Gasteiger partial charge in [-0.05, 0) is 30.7 Å². The number of primary amides is 1. The number of thiophene rings is 1. The lowest BCUT2D eigenvalue weighted by molar-refractivity contribution is -0.118. The minimum Gasteiger partial charge on any atom is -0.370 e. The second-order valence-corrected chi connectivity index (χ2v) is 4.14. The number of carbonyl (C=O) groups is 1. The predicted octanol–water partition coefficient (Wildman–Crippen LogP) is 2.34. The molecule has 0 aliphatic rings. The molecule has 2 nitrogen and oxygen atoms in total. The number of carbonyl (C=O) groups excluding carboxylic acids is 1. The van der Waals surface area contributed by atoms with Crippen LogP contribution in [0.2, 0.25) is 0 Å². The molecule has 0 saturated heterocycles. The van der Waals surface area contributed by atoms with Crippen LogP contribution in [-0.4, -0.2) is 5.91 Å². The van der Waals surface area contributed by atoms with Gasteiger partial charge in [-0.2, -0.15) is 0 Å². The Hall–Kier alpha value is -0.830. The topological polar surface area (TPSA) is 43.1 Å². The number of rotatable bonds is 6. The van der Waals surface area contributed by atoms with Gasteiger partial charge in [0.15, 0.2) is 0 Å². The monoisotopic (exact) mass is 197 g/mol. The van der Waals surface area contributed by atoms with E-state index in [9.17, 15) is 4.79 Å². The third kappa shape index (κ3) is 4.68. The summed E-state index contributed by atoms with van der Waals surface area (Å²) >= 11 is 1.80. The van der Waals surface area contributed by atoms with E-state index in [1.807, 2.05) is 0 Å². The Labute approximate surface area is 82.8 Å². The summed E-state index contributed by atoms with van der Waals surface area (Å²) in [5, 5.41) is 2.10. The number of amides is 1. The van der Waals surface area contributed by atoms with E-state index in [4.69, 9.17) is 5.73 Å². The molecule has 0 bridgehead atoms. The Morgan fingerprint density at radius 2 is 2.23 bits per heavy atom. The van der Waals surface area contributed by atoms with E-state index in [-0.39, 0.29) is 5.91 Å². The van der Waals surface area contributed by atoms with Crippen molar-refractivity contribution in [3.8, 4) is 0 Å². The lowest BCUT2D eigenvalue weighted by atomic mass is 10.1. The van der Waals surface area contributed by atoms with Crippen LogP contribution < -0.4 is 5.73 Å². The molecular weight excluding hydrogens is 182 g/mol. The molecule has 1 amide bonds. The van der Waals surface area contributed by atoms with Crippen molar-refractivity contribution in [2.24, 2.45) is 5.73 Å². The summed E-state index contributed by atoms with van der Waals surface area (Å²) < 4.78 is 0. The van der Waals surface area contributed by atoms with Gasteiger partial charge in [0.1, 0.15) is 0 Å². The van der Waals surface area contributed by atoms with Crippen LogP contribution in [-0.2, 0) is 11.2 Å². The van der Waals surface area contributed by atoms with E-state index in [1.165, 1.54) is 4.88 Å². The minimum atomic E-state index is -0.184. The maximum absolute atomic E-state index is 10.4. The molecule has 0 spiro atoms. The third-order valence-electron chi connectivity index (χ3n) is 1.93. The molecule has 1 aromatic heterocycles. The standard InChI is InChI=1S/C10H15NOS/c11-10(12)7-3-1-2-5-9-6-4-8-13-9/h4,6,8H,1-3,5,7H2,(H2,11,12). The molecule has 1 aromatic rings. The molecule has 1 heterocycles. The maximum Gasteiger partial charge on any atom is 0.217 e. The Bertz CT molecular complexity index is 243. The van der Waals surface area contributed by atoms with Crippen molar-refractivity contribution < 1.29 is 4.79 Å². The summed E-state index contributed by atoms with van der Waals surface area (Å²) in [6, 6.07) is 4.22. The van der Waals surface area contributed by atoms with Crippen molar-refractivity contribution in [1.29, 1.82) is 0 Å². The fourth-order valence-electron chi connectivity index (χ4n) is 1.23. The highest BCUT2D eigenvalue weighted by Gasteiger charge is 1.96.